The van der Waals surface area contributed by atoms with Crippen LogP contribution in [0.2, 0.25) is 0 Å². The smallest absolute Gasteiger partial charge is 0.115 e. The molecule has 1 N–H and O–H groups in total. The van der Waals surface area contributed by atoms with Gasteiger partial charge in [0.15, 0.2) is 0 Å². The summed E-state index contributed by atoms with van der Waals surface area (Å²) in [5, 5.41) is 7.57. The molecule has 0 amide bonds. The normalized spacial score (nSPS) is 18.2. The van der Waals surface area contributed by atoms with Crippen molar-refractivity contribution in [3.8, 4) is 11.3 Å². The number of benzene rings is 1. The minimum atomic E-state index is 0.489. The van der Waals surface area contributed by atoms with Gasteiger partial charge in [-0.25, -0.2) is 9.97 Å². The number of hydrogen-bond donors (Lipinski definition) is 1. The van der Waals surface area contributed by atoms with Crippen LogP contribution in [0.5, 0.6) is 0 Å². The molecule has 1 aliphatic rings. The molecule has 5 nitrogen and oxygen atoms in total. The molecular weight excluding hydrogens is 322 g/mol. The van der Waals surface area contributed by atoms with E-state index in [-0.39, 0.29) is 0 Å². The van der Waals surface area contributed by atoms with E-state index < -0.39 is 0 Å². The maximum absolute atomic E-state index is 4.46. The molecule has 1 aromatic carbocycles. The van der Waals surface area contributed by atoms with Crippen molar-refractivity contribution < 1.29 is 0 Å². The van der Waals surface area contributed by atoms with Crippen LogP contribution in [0.3, 0.4) is 0 Å². The highest BCUT2D eigenvalue weighted by molar-refractivity contribution is 5.67. The van der Waals surface area contributed by atoms with Gasteiger partial charge >= 0.3 is 0 Å². The minimum absolute atomic E-state index is 0.489. The standard InChI is InChI=1S/C21H25N5/c1-15-5-6-16(2)19(10-15)21-18(11-24-25-21)13-26-9-3-4-17(12-26)20-7-8-22-14-23-20/h5-8,10-11,14,17H,3-4,9,12-13H2,1-2H3,(H,24,25)/t17-/m0/s1. The van der Waals surface area contributed by atoms with Crippen LogP contribution in [0.1, 0.15) is 41.1 Å². The summed E-state index contributed by atoms with van der Waals surface area (Å²) in [5.74, 6) is 0.489. The highest BCUT2D eigenvalue weighted by Crippen LogP contribution is 2.30. The summed E-state index contributed by atoms with van der Waals surface area (Å²) >= 11 is 0. The van der Waals surface area contributed by atoms with Crippen LogP contribution in [0.15, 0.2) is 43.0 Å². The van der Waals surface area contributed by atoms with E-state index in [1.54, 1.807) is 6.33 Å². The lowest BCUT2D eigenvalue weighted by molar-refractivity contribution is 0.198. The maximum Gasteiger partial charge on any atom is 0.115 e. The van der Waals surface area contributed by atoms with E-state index >= 15 is 0 Å². The van der Waals surface area contributed by atoms with Crippen molar-refractivity contribution in [3.63, 3.8) is 0 Å². The van der Waals surface area contributed by atoms with Crippen molar-refractivity contribution in [2.75, 3.05) is 13.1 Å². The summed E-state index contributed by atoms with van der Waals surface area (Å²) < 4.78 is 0. The number of aryl methyl sites for hydroxylation is 2. The Hall–Kier alpha value is -2.53. The Balaban J connectivity index is 1.53. The predicted molar refractivity (Wildman–Crippen MR) is 103 cm³/mol. The number of nitrogens with one attached hydrogen (secondary N) is 1. The van der Waals surface area contributed by atoms with Crippen molar-refractivity contribution in [2.45, 2.75) is 39.2 Å². The molecule has 4 rings (SSSR count). The van der Waals surface area contributed by atoms with Crippen LogP contribution in [0.4, 0.5) is 0 Å². The van der Waals surface area contributed by atoms with Gasteiger partial charge in [-0.15, -0.1) is 0 Å². The van der Waals surface area contributed by atoms with Gasteiger partial charge in [-0.05, 0) is 50.9 Å². The average Bonchev–Trinajstić information content (AvgIpc) is 3.12. The molecule has 0 unspecified atom stereocenters. The van der Waals surface area contributed by atoms with Gasteiger partial charge in [-0.2, -0.15) is 5.10 Å². The van der Waals surface area contributed by atoms with Crippen molar-refractivity contribution in [3.05, 3.63) is 65.4 Å². The Morgan fingerprint density at radius 3 is 3.00 bits per heavy atom. The molecule has 1 aliphatic heterocycles. The third kappa shape index (κ3) is 3.53. The molecule has 3 aromatic rings. The van der Waals surface area contributed by atoms with Crippen LogP contribution >= 0.6 is 0 Å². The first kappa shape index (κ1) is 16.9. The molecular formula is C21H25N5. The zero-order valence-corrected chi connectivity index (χ0v) is 15.4. The van der Waals surface area contributed by atoms with Gasteiger partial charge in [0.1, 0.15) is 6.33 Å². The van der Waals surface area contributed by atoms with Gasteiger partial charge in [0, 0.05) is 42.0 Å². The summed E-state index contributed by atoms with van der Waals surface area (Å²) in [6, 6.07) is 8.63. The first-order valence-electron chi connectivity index (χ1n) is 9.29. The van der Waals surface area contributed by atoms with E-state index in [1.807, 2.05) is 18.5 Å². The molecule has 26 heavy (non-hydrogen) atoms. The zero-order valence-electron chi connectivity index (χ0n) is 15.4. The van der Waals surface area contributed by atoms with E-state index in [4.69, 9.17) is 0 Å². The Bertz CT molecular complexity index is 871. The Morgan fingerprint density at radius 2 is 2.15 bits per heavy atom. The molecule has 3 heterocycles. The number of aromatic amines is 1. The molecule has 0 radical (unpaired) electrons. The van der Waals surface area contributed by atoms with E-state index in [0.717, 1.165) is 31.0 Å². The van der Waals surface area contributed by atoms with Gasteiger partial charge in [0.25, 0.3) is 0 Å². The quantitative estimate of drug-likeness (QED) is 0.778. The SMILES string of the molecule is Cc1ccc(C)c(-c2[nH]ncc2CN2CCC[C@H](c3ccncn3)C2)c1. The van der Waals surface area contributed by atoms with Crippen molar-refractivity contribution in [1.82, 2.24) is 25.1 Å². The molecule has 1 atom stereocenters. The molecule has 134 valence electrons. The largest absolute Gasteiger partial charge is 0.298 e. The fourth-order valence-corrected chi connectivity index (χ4v) is 3.89. The molecule has 2 aromatic heterocycles. The summed E-state index contributed by atoms with van der Waals surface area (Å²) in [4.78, 5) is 11.0. The predicted octanol–water partition coefficient (Wildman–Crippen LogP) is 3.86. The average molecular weight is 347 g/mol. The van der Waals surface area contributed by atoms with E-state index in [1.165, 1.54) is 35.1 Å². The molecule has 0 spiro atoms. The van der Waals surface area contributed by atoms with Gasteiger partial charge in [0.2, 0.25) is 0 Å². The second-order valence-electron chi connectivity index (χ2n) is 7.30. The first-order valence-corrected chi connectivity index (χ1v) is 9.29. The summed E-state index contributed by atoms with van der Waals surface area (Å²) in [5.41, 5.74) is 7.37. The second kappa shape index (κ2) is 7.38. The Kier molecular flexibility index (Phi) is 4.80. The van der Waals surface area contributed by atoms with Gasteiger partial charge in [-0.1, -0.05) is 17.7 Å². The fourth-order valence-electron chi connectivity index (χ4n) is 3.89. The second-order valence-corrected chi connectivity index (χ2v) is 7.30. The van der Waals surface area contributed by atoms with Crippen LogP contribution < -0.4 is 0 Å². The molecule has 1 fully saturated rings. The van der Waals surface area contributed by atoms with Crippen LogP contribution in [-0.4, -0.2) is 38.2 Å². The number of H-pyrrole nitrogens is 1. The lowest BCUT2D eigenvalue weighted by Gasteiger charge is -2.32. The third-order valence-electron chi connectivity index (χ3n) is 5.30. The monoisotopic (exact) mass is 347 g/mol. The number of hydrogen-bond acceptors (Lipinski definition) is 4. The summed E-state index contributed by atoms with van der Waals surface area (Å²) in [6.07, 6.45) is 7.87. The van der Waals surface area contributed by atoms with Gasteiger partial charge < -0.3 is 0 Å². The first-order chi connectivity index (χ1) is 12.7. The molecule has 0 saturated carbocycles. The molecule has 1 saturated heterocycles. The Labute approximate surface area is 154 Å². The number of likely N-dealkylation sites (tertiary alicyclic amines) is 1. The van der Waals surface area contributed by atoms with Crippen molar-refractivity contribution >= 4 is 0 Å². The minimum Gasteiger partial charge on any atom is -0.298 e. The lowest BCUT2D eigenvalue weighted by atomic mass is 9.94. The van der Waals surface area contributed by atoms with Crippen molar-refractivity contribution in [1.29, 1.82) is 0 Å². The number of nitrogens with zero attached hydrogens (tertiary/aromatic N) is 4. The molecule has 0 bridgehead atoms. The van der Waals surface area contributed by atoms with E-state index in [0.29, 0.717) is 5.92 Å². The van der Waals surface area contributed by atoms with Crippen LogP contribution in [0.25, 0.3) is 11.3 Å². The number of rotatable bonds is 4. The van der Waals surface area contributed by atoms with E-state index in [2.05, 4.69) is 57.1 Å². The topological polar surface area (TPSA) is 57.7 Å². The van der Waals surface area contributed by atoms with Gasteiger partial charge in [0.05, 0.1) is 11.9 Å². The van der Waals surface area contributed by atoms with Crippen LogP contribution in [0, 0.1) is 13.8 Å². The molecule has 0 aliphatic carbocycles. The van der Waals surface area contributed by atoms with Crippen molar-refractivity contribution in [2.24, 2.45) is 0 Å². The highest BCUT2D eigenvalue weighted by Gasteiger charge is 2.23. The lowest BCUT2D eigenvalue weighted by Crippen LogP contribution is -2.34. The number of piperidine rings is 1. The fraction of sp³-hybridized carbons (Fsp3) is 0.381. The maximum atomic E-state index is 4.46. The van der Waals surface area contributed by atoms with Gasteiger partial charge in [-0.3, -0.25) is 10.00 Å². The zero-order chi connectivity index (χ0) is 17.9. The summed E-state index contributed by atoms with van der Waals surface area (Å²) in [7, 11) is 0. The Morgan fingerprint density at radius 1 is 1.23 bits per heavy atom. The number of aromatic nitrogens is 4. The van der Waals surface area contributed by atoms with Crippen LogP contribution in [-0.2, 0) is 6.54 Å². The van der Waals surface area contributed by atoms with E-state index in [9.17, 15) is 0 Å². The summed E-state index contributed by atoms with van der Waals surface area (Å²) in [6.45, 7) is 7.37. The highest BCUT2D eigenvalue weighted by atomic mass is 15.2. The molecule has 5 heteroatoms. The third-order valence-corrected chi connectivity index (χ3v) is 5.30.